The standard InChI is InChI=1S/C23H21ClFN3O3S/c1-16-7-11-20(12-8-16)32(30,31)28(22-13-19(24)10-9-17(22)2)15-23(29)27-26-14-18-5-3-4-6-21(18)25/h3-14H,15H2,1-2H3,(H,27,29)/b26-14-. The van der Waals surface area contributed by atoms with E-state index in [0.29, 0.717) is 10.6 Å². The van der Waals surface area contributed by atoms with E-state index >= 15 is 0 Å². The van der Waals surface area contributed by atoms with Gasteiger partial charge in [-0.3, -0.25) is 9.10 Å². The first-order chi connectivity index (χ1) is 15.2. The van der Waals surface area contributed by atoms with Crippen LogP contribution in [0.4, 0.5) is 10.1 Å². The quantitative estimate of drug-likeness (QED) is 0.407. The largest absolute Gasteiger partial charge is 0.271 e. The highest BCUT2D eigenvalue weighted by Gasteiger charge is 2.28. The molecule has 1 N–H and O–H groups in total. The maximum atomic E-state index is 13.7. The molecule has 0 fully saturated rings. The van der Waals surface area contributed by atoms with E-state index in [1.165, 1.54) is 36.4 Å². The Morgan fingerprint density at radius 3 is 2.47 bits per heavy atom. The number of rotatable bonds is 7. The monoisotopic (exact) mass is 473 g/mol. The van der Waals surface area contributed by atoms with Gasteiger partial charge in [0.2, 0.25) is 0 Å². The third-order valence-corrected chi connectivity index (χ3v) is 6.64. The van der Waals surface area contributed by atoms with Crippen LogP contribution >= 0.6 is 11.6 Å². The number of anilines is 1. The van der Waals surface area contributed by atoms with Crippen molar-refractivity contribution in [3.63, 3.8) is 0 Å². The van der Waals surface area contributed by atoms with E-state index in [1.54, 1.807) is 37.3 Å². The molecular formula is C23H21ClFN3O3S. The highest BCUT2D eigenvalue weighted by atomic mass is 35.5. The van der Waals surface area contributed by atoms with Crippen molar-refractivity contribution in [2.75, 3.05) is 10.8 Å². The Hall–Kier alpha value is -3.23. The molecule has 0 radical (unpaired) electrons. The molecule has 32 heavy (non-hydrogen) atoms. The van der Waals surface area contributed by atoms with Crippen LogP contribution in [0.1, 0.15) is 16.7 Å². The minimum atomic E-state index is -4.09. The first kappa shape index (κ1) is 23.4. The number of nitrogens with one attached hydrogen (secondary N) is 1. The number of sulfonamides is 1. The summed E-state index contributed by atoms with van der Waals surface area (Å²) in [4.78, 5) is 12.6. The molecule has 0 heterocycles. The number of aryl methyl sites for hydroxylation is 2. The van der Waals surface area contributed by atoms with E-state index < -0.39 is 28.3 Å². The second-order valence-electron chi connectivity index (χ2n) is 7.07. The summed E-state index contributed by atoms with van der Waals surface area (Å²) in [7, 11) is -4.09. The summed E-state index contributed by atoms with van der Waals surface area (Å²) in [6.45, 7) is 3.01. The molecule has 0 spiro atoms. The van der Waals surface area contributed by atoms with Gasteiger partial charge in [-0.1, -0.05) is 53.6 Å². The Labute approximate surface area is 191 Å². The van der Waals surface area contributed by atoms with Crippen molar-refractivity contribution in [2.24, 2.45) is 5.10 Å². The predicted molar refractivity (Wildman–Crippen MR) is 124 cm³/mol. The van der Waals surface area contributed by atoms with E-state index in [-0.39, 0.29) is 16.1 Å². The van der Waals surface area contributed by atoms with Crippen LogP contribution in [-0.4, -0.2) is 27.1 Å². The van der Waals surface area contributed by atoms with E-state index in [2.05, 4.69) is 10.5 Å². The average Bonchev–Trinajstić information content (AvgIpc) is 2.75. The van der Waals surface area contributed by atoms with E-state index in [4.69, 9.17) is 11.6 Å². The van der Waals surface area contributed by atoms with Gasteiger partial charge in [0.05, 0.1) is 16.8 Å². The summed E-state index contributed by atoms with van der Waals surface area (Å²) in [6.07, 6.45) is 1.15. The summed E-state index contributed by atoms with van der Waals surface area (Å²) in [5.41, 5.74) is 4.22. The molecule has 0 saturated heterocycles. The average molecular weight is 474 g/mol. The predicted octanol–water partition coefficient (Wildman–Crippen LogP) is 4.44. The normalized spacial score (nSPS) is 11.5. The molecule has 166 valence electrons. The molecule has 3 rings (SSSR count). The minimum Gasteiger partial charge on any atom is -0.271 e. The fourth-order valence-corrected chi connectivity index (χ4v) is 4.55. The number of hydrazone groups is 1. The van der Waals surface area contributed by atoms with Crippen LogP contribution in [0.15, 0.2) is 76.7 Å². The fraction of sp³-hybridized carbons (Fsp3) is 0.130. The number of halogens is 2. The van der Waals surface area contributed by atoms with Crippen molar-refractivity contribution in [3.05, 3.63) is 94.3 Å². The van der Waals surface area contributed by atoms with Crippen molar-refractivity contribution in [3.8, 4) is 0 Å². The van der Waals surface area contributed by atoms with Crippen molar-refractivity contribution in [2.45, 2.75) is 18.7 Å². The third-order valence-electron chi connectivity index (χ3n) is 4.63. The number of benzene rings is 3. The Balaban J connectivity index is 1.91. The van der Waals surface area contributed by atoms with Crippen molar-refractivity contribution < 1.29 is 17.6 Å². The number of carbonyl (C=O) groups excluding carboxylic acids is 1. The Kier molecular flexibility index (Phi) is 7.27. The van der Waals surface area contributed by atoms with Crippen LogP contribution in [-0.2, 0) is 14.8 Å². The molecule has 6 nitrogen and oxygen atoms in total. The van der Waals surface area contributed by atoms with Gasteiger partial charge in [-0.15, -0.1) is 0 Å². The van der Waals surface area contributed by atoms with Gasteiger partial charge in [0, 0.05) is 10.6 Å². The first-order valence-electron chi connectivity index (χ1n) is 9.60. The molecule has 0 aliphatic carbocycles. The third kappa shape index (κ3) is 5.52. The molecule has 9 heteroatoms. The van der Waals surface area contributed by atoms with Crippen LogP contribution in [0.3, 0.4) is 0 Å². The molecule has 3 aromatic carbocycles. The second-order valence-corrected chi connectivity index (χ2v) is 9.37. The van der Waals surface area contributed by atoms with Gasteiger partial charge in [0.25, 0.3) is 15.9 Å². The number of nitrogens with zero attached hydrogens (tertiary/aromatic N) is 2. The van der Waals surface area contributed by atoms with Crippen molar-refractivity contribution >= 4 is 39.4 Å². The summed E-state index contributed by atoms with van der Waals surface area (Å²) < 4.78 is 41.5. The summed E-state index contributed by atoms with van der Waals surface area (Å²) >= 11 is 6.10. The SMILES string of the molecule is Cc1ccc(S(=O)(=O)N(CC(=O)N/N=C\c2ccccc2F)c2cc(Cl)ccc2C)cc1. The van der Waals surface area contributed by atoms with Gasteiger partial charge in [-0.05, 0) is 49.7 Å². The van der Waals surface area contributed by atoms with Gasteiger partial charge in [-0.25, -0.2) is 18.2 Å². The highest BCUT2D eigenvalue weighted by Crippen LogP contribution is 2.29. The topological polar surface area (TPSA) is 78.8 Å². The van der Waals surface area contributed by atoms with E-state index in [0.717, 1.165) is 16.1 Å². The van der Waals surface area contributed by atoms with Crippen LogP contribution in [0.25, 0.3) is 0 Å². The van der Waals surface area contributed by atoms with Crippen molar-refractivity contribution in [1.29, 1.82) is 0 Å². The summed E-state index contributed by atoms with van der Waals surface area (Å²) in [6, 6.07) is 17.0. The molecular weight excluding hydrogens is 453 g/mol. The lowest BCUT2D eigenvalue weighted by atomic mass is 10.2. The maximum Gasteiger partial charge on any atom is 0.264 e. The molecule has 0 bridgehead atoms. The van der Waals surface area contributed by atoms with Crippen molar-refractivity contribution in [1.82, 2.24) is 5.43 Å². The maximum absolute atomic E-state index is 13.7. The molecule has 3 aromatic rings. The van der Waals surface area contributed by atoms with Gasteiger partial charge >= 0.3 is 0 Å². The number of amides is 1. The zero-order valence-electron chi connectivity index (χ0n) is 17.4. The Morgan fingerprint density at radius 2 is 1.78 bits per heavy atom. The molecule has 0 unspecified atom stereocenters. The Morgan fingerprint density at radius 1 is 1.09 bits per heavy atom. The zero-order valence-corrected chi connectivity index (χ0v) is 19.0. The van der Waals surface area contributed by atoms with E-state index in [9.17, 15) is 17.6 Å². The lowest BCUT2D eigenvalue weighted by molar-refractivity contribution is -0.119. The zero-order chi connectivity index (χ0) is 23.3. The molecule has 0 aromatic heterocycles. The highest BCUT2D eigenvalue weighted by molar-refractivity contribution is 7.92. The van der Waals surface area contributed by atoms with Gasteiger partial charge in [-0.2, -0.15) is 5.10 Å². The van der Waals surface area contributed by atoms with Gasteiger partial charge < -0.3 is 0 Å². The van der Waals surface area contributed by atoms with E-state index in [1.807, 2.05) is 6.92 Å². The molecule has 0 aliphatic heterocycles. The number of hydrogen-bond donors (Lipinski definition) is 1. The Bertz CT molecular complexity index is 1260. The van der Waals surface area contributed by atoms with Crippen LogP contribution in [0.5, 0.6) is 0 Å². The molecule has 0 aliphatic rings. The van der Waals surface area contributed by atoms with Crippen LogP contribution in [0.2, 0.25) is 5.02 Å². The number of carbonyl (C=O) groups is 1. The first-order valence-corrected chi connectivity index (χ1v) is 11.4. The molecule has 0 atom stereocenters. The minimum absolute atomic E-state index is 0.0325. The van der Waals surface area contributed by atoms with Crippen LogP contribution < -0.4 is 9.73 Å². The smallest absolute Gasteiger partial charge is 0.264 e. The van der Waals surface area contributed by atoms with Gasteiger partial charge in [0.15, 0.2) is 0 Å². The molecule has 1 amide bonds. The summed E-state index contributed by atoms with van der Waals surface area (Å²) in [5.74, 6) is -1.20. The summed E-state index contributed by atoms with van der Waals surface area (Å²) in [5, 5.41) is 4.07. The molecule has 0 saturated carbocycles. The van der Waals surface area contributed by atoms with Crippen LogP contribution in [0, 0.1) is 19.7 Å². The number of hydrogen-bond acceptors (Lipinski definition) is 4. The lowest BCUT2D eigenvalue weighted by Gasteiger charge is -2.25. The fourth-order valence-electron chi connectivity index (χ4n) is 2.91. The lowest BCUT2D eigenvalue weighted by Crippen LogP contribution is -2.40. The van der Waals surface area contributed by atoms with Gasteiger partial charge in [0.1, 0.15) is 12.4 Å². The second kappa shape index (κ2) is 9.93.